The Bertz CT molecular complexity index is 819. The standard InChI is InChI=1S/C18H18N4O2S/c1-13-21-18(24-22-13)15-7-8-17(20-11-15)25-12-16(23)19-10-9-14-5-3-2-4-6-14/h2-8,11H,9-10,12H2,1H3,(H,19,23). The molecular weight excluding hydrogens is 336 g/mol. The van der Waals surface area contributed by atoms with Gasteiger partial charge in [-0.3, -0.25) is 4.79 Å². The maximum Gasteiger partial charge on any atom is 0.259 e. The van der Waals surface area contributed by atoms with Gasteiger partial charge in [-0.15, -0.1) is 0 Å². The normalized spacial score (nSPS) is 10.6. The predicted octanol–water partition coefficient (Wildman–Crippen LogP) is 2.89. The molecule has 128 valence electrons. The topological polar surface area (TPSA) is 80.9 Å². The molecular formula is C18H18N4O2S. The number of thioether (sulfide) groups is 1. The van der Waals surface area contributed by atoms with E-state index < -0.39 is 0 Å². The second kappa shape index (κ2) is 8.43. The van der Waals surface area contributed by atoms with Crippen LogP contribution in [0.15, 0.2) is 58.2 Å². The van der Waals surface area contributed by atoms with Crippen LogP contribution in [0.1, 0.15) is 11.4 Å². The SMILES string of the molecule is Cc1noc(-c2ccc(SCC(=O)NCCc3ccccc3)nc2)n1. The third-order valence-electron chi connectivity index (χ3n) is 3.44. The molecule has 3 rings (SSSR count). The van der Waals surface area contributed by atoms with Gasteiger partial charge >= 0.3 is 0 Å². The van der Waals surface area contributed by atoms with Crippen LogP contribution in [-0.2, 0) is 11.2 Å². The molecule has 0 aliphatic heterocycles. The van der Waals surface area contributed by atoms with E-state index in [0.29, 0.717) is 24.0 Å². The van der Waals surface area contributed by atoms with Gasteiger partial charge in [0, 0.05) is 12.7 Å². The van der Waals surface area contributed by atoms with Gasteiger partial charge in [0.15, 0.2) is 5.82 Å². The summed E-state index contributed by atoms with van der Waals surface area (Å²) in [5.41, 5.74) is 1.97. The number of carbonyl (C=O) groups is 1. The van der Waals surface area contributed by atoms with Crippen molar-refractivity contribution in [3.05, 3.63) is 60.0 Å². The fourth-order valence-corrected chi connectivity index (χ4v) is 2.86. The van der Waals surface area contributed by atoms with Gasteiger partial charge in [0.1, 0.15) is 0 Å². The van der Waals surface area contributed by atoms with Gasteiger partial charge in [-0.05, 0) is 31.0 Å². The number of aryl methyl sites for hydroxylation is 1. The van der Waals surface area contributed by atoms with Crippen LogP contribution in [0.3, 0.4) is 0 Å². The van der Waals surface area contributed by atoms with E-state index in [-0.39, 0.29) is 5.91 Å². The molecule has 6 nitrogen and oxygen atoms in total. The minimum atomic E-state index is -0.000617. The molecule has 0 atom stereocenters. The summed E-state index contributed by atoms with van der Waals surface area (Å²) >= 11 is 1.39. The Balaban J connectivity index is 1.42. The molecule has 1 N–H and O–H groups in total. The summed E-state index contributed by atoms with van der Waals surface area (Å²) in [4.78, 5) is 20.4. The zero-order valence-corrected chi connectivity index (χ0v) is 14.6. The van der Waals surface area contributed by atoms with E-state index in [1.54, 1.807) is 13.1 Å². The largest absolute Gasteiger partial charge is 0.355 e. The Labute approximate surface area is 150 Å². The van der Waals surface area contributed by atoms with Crippen LogP contribution in [0.25, 0.3) is 11.5 Å². The van der Waals surface area contributed by atoms with Crippen molar-refractivity contribution in [1.82, 2.24) is 20.4 Å². The van der Waals surface area contributed by atoms with Crippen molar-refractivity contribution in [3.63, 3.8) is 0 Å². The lowest BCUT2D eigenvalue weighted by atomic mass is 10.1. The second-order valence-corrected chi connectivity index (χ2v) is 6.40. The molecule has 0 bridgehead atoms. The number of carbonyl (C=O) groups excluding carboxylic acids is 1. The number of nitrogens with zero attached hydrogens (tertiary/aromatic N) is 3. The maximum atomic E-state index is 11.9. The number of hydrogen-bond acceptors (Lipinski definition) is 6. The van der Waals surface area contributed by atoms with E-state index in [2.05, 4.69) is 32.6 Å². The van der Waals surface area contributed by atoms with Crippen LogP contribution < -0.4 is 5.32 Å². The Kier molecular flexibility index (Phi) is 5.79. The van der Waals surface area contributed by atoms with E-state index in [4.69, 9.17) is 4.52 Å². The summed E-state index contributed by atoms with van der Waals surface area (Å²) < 4.78 is 5.10. The molecule has 1 amide bonds. The first kappa shape index (κ1) is 17.2. The van der Waals surface area contributed by atoms with Crippen molar-refractivity contribution in [1.29, 1.82) is 0 Å². The first-order chi connectivity index (χ1) is 12.2. The van der Waals surface area contributed by atoms with Gasteiger partial charge in [-0.25, -0.2) is 4.98 Å². The molecule has 0 fully saturated rings. The van der Waals surface area contributed by atoms with Gasteiger partial charge in [0.2, 0.25) is 5.91 Å². The highest BCUT2D eigenvalue weighted by atomic mass is 32.2. The van der Waals surface area contributed by atoms with Crippen molar-refractivity contribution in [2.75, 3.05) is 12.3 Å². The summed E-state index contributed by atoms with van der Waals surface area (Å²) in [6.07, 6.45) is 2.50. The fraction of sp³-hybridized carbons (Fsp3) is 0.222. The summed E-state index contributed by atoms with van der Waals surface area (Å²) in [6.45, 7) is 2.40. The molecule has 2 aromatic heterocycles. The summed E-state index contributed by atoms with van der Waals surface area (Å²) in [7, 11) is 0. The molecule has 0 aliphatic rings. The van der Waals surface area contributed by atoms with Crippen LogP contribution in [-0.4, -0.2) is 33.3 Å². The number of rotatable bonds is 7. The number of benzene rings is 1. The Morgan fingerprint density at radius 3 is 2.72 bits per heavy atom. The average molecular weight is 354 g/mol. The van der Waals surface area contributed by atoms with Gasteiger partial charge < -0.3 is 9.84 Å². The summed E-state index contributed by atoms with van der Waals surface area (Å²) in [5.74, 6) is 1.36. The molecule has 7 heteroatoms. The molecule has 0 saturated heterocycles. The average Bonchev–Trinajstić information content (AvgIpc) is 3.08. The van der Waals surface area contributed by atoms with Crippen LogP contribution in [0.4, 0.5) is 0 Å². The smallest absolute Gasteiger partial charge is 0.259 e. The van der Waals surface area contributed by atoms with E-state index >= 15 is 0 Å². The summed E-state index contributed by atoms with van der Waals surface area (Å²) in [6, 6.07) is 13.8. The minimum Gasteiger partial charge on any atom is -0.355 e. The van der Waals surface area contributed by atoms with Crippen molar-refractivity contribution >= 4 is 17.7 Å². The number of nitrogens with one attached hydrogen (secondary N) is 1. The molecule has 3 aromatic rings. The van der Waals surface area contributed by atoms with Gasteiger partial charge in [0.05, 0.1) is 16.3 Å². The van der Waals surface area contributed by atoms with Gasteiger partial charge in [-0.1, -0.05) is 47.3 Å². The first-order valence-corrected chi connectivity index (χ1v) is 8.89. The van der Waals surface area contributed by atoms with Crippen LogP contribution in [0.2, 0.25) is 0 Å². The lowest BCUT2D eigenvalue weighted by molar-refractivity contribution is -0.118. The Hall–Kier alpha value is -2.67. The highest BCUT2D eigenvalue weighted by Crippen LogP contribution is 2.20. The molecule has 25 heavy (non-hydrogen) atoms. The number of aromatic nitrogens is 3. The molecule has 2 heterocycles. The minimum absolute atomic E-state index is 0.000617. The number of amides is 1. The lowest BCUT2D eigenvalue weighted by Gasteiger charge is -2.05. The number of pyridine rings is 1. The fourth-order valence-electron chi connectivity index (χ4n) is 2.19. The van der Waals surface area contributed by atoms with Gasteiger partial charge in [-0.2, -0.15) is 4.98 Å². The Morgan fingerprint density at radius 2 is 2.04 bits per heavy atom. The Morgan fingerprint density at radius 1 is 1.20 bits per heavy atom. The molecule has 0 unspecified atom stereocenters. The number of hydrogen-bond donors (Lipinski definition) is 1. The maximum absolute atomic E-state index is 11.9. The highest BCUT2D eigenvalue weighted by Gasteiger charge is 2.08. The quantitative estimate of drug-likeness (QED) is 0.657. The molecule has 0 saturated carbocycles. The van der Waals surface area contributed by atoms with Crippen molar-refractivity contribution in [2.24, 2.45) is 0 Å². The molecule has 0 aliphatic carbocycles. The van der Waals surface area contributed by atoms with Gasteiger partial charge in [0.25, 0.3) is 5.89 Å². The van der Waals surface area contributed by atoms with E-state index in [1.165, 1.54) is 17.3 Å². The van der Waals surface area contributed by atoms with E-state index in [1.807, 2.05) is 30.3 Å². The monoisotopic (exact) mass is 354 g/mol. The van der Waals surface area contributed by atoms with Crippen LogP contribution in [0, 0.1) is 6.92 Å². The van der Waals surface area contributed by atoms with E-state index in [9.17, 15) is 4.79 Å². The molecule has 0 radical (unpaired) electrons. The zero-order valence-electron chi connectivity index (χ0n) is 13.8. The third kappa shape index (κ3) is 5.15. The van der Waals surface area contributed by atoms with Crippen molar-refractivity contribution in [2.45, 2.75) is 18.4 Å². The molecule has 0 spiro atoms. The lowest BCUT2D eigenvalue weighted by Crippen LogP contribution is -2.27. The van der Waals surface area contributed by atoms with Crippen LogP contribution >= 0.6 is 11.8 Å². The van der Waals surface area contributed by atoms with E-state index in [0.717, 1.165) is 17.0 Å². The predicted molar refractivity (Wildman–Crippen MR) is 96.1 cm³/mol. The second-order valence-electron chi connectivity index (χ2n) is 5.41. The highest BCUT2D eigenvalue weighted by molar-refractivity contribution is 7.99. The third-order valence-corrected chi connectivity index (χ3v) is 4.38. The summed E-state index contributed by atoms with van der Waals surface area (Å²) in [5, 5.41) is 7.45. The van der Waals surface area contributed by atoms with Crippen molar-refractivity contribution in [3.8, 4) is 11.5 Å². The molecule has 1 aromatic carbocycles. The first-order valence-electron chi connectivity index (χ1n) is 7.91. The zero-order chi connectivity index (χ0) is 17.5. The van der Waals surface area contributed by atoms with Crippen LogP contribution in [0.5, 0.6) is 0 Å². The van der Waals surface area contributed by atoms with Crippen molar-refractivity contribution < 1.29 is 9.32 Å².